The Bertz CT molecular complexity index is 1200. The minimum atomic E-state index is -0.106. The van der Waals surface area contributed by atoms with E-state index in [0.29, 0.717) is 49.0 Å². The zero-order chi connectivity index (χ0) is 24.1. The number of rotatable bonds is 6. The molecule has 0 aromatic heterocycles. The Balaban J connectivity index is 1.41. The van der Waals surface area contributed by atoms with Crippen molar-refractivity contribution in [1.29, 1.82) is 0 Å². The van der Waals surface area contributed by atoms with Gasteiger partial charge in [0, 0.05) is 37.8 Å². The van der Waals surface area contributed by atoms with Gasteiger partial charge < -0.3 is 24.0 Å². The maximum absolute atomic E-state index is 13.1. The Kier molecular flexibility index (Phi) is 7.01. The van der Waals surface area contributed by atoms with Crippen LogP contribution in [0, 0.1) is 0 Å². The maximum atomic E-state index is 13.1. The first-order valence-corrected chi connectivity index (χ1v) is 11.1. The molecule has 7 heteroatoms. The third-order valence-electron chi connectivity index (χ3n) is 6.00. The number of hydrogen-bond acceptors (Lipinski definition) is 5. The van der Waals surface area contributed by atoms with E-state index in [1.165, 1.54) is 6.08 Å². The number of fused-ring (bicyclic) bond motifs is 1. The number of hydrogen-bond donors (Lipinski definition) is 0. The van der Waals surface area contributed by atoms with Crippen LogP contribution in [0.5, 0.6) is 17.2 Å². The van der Waals surface area contributed by atoms with E-state index in [9.17, 15) is 9.59 Å². The average Bonchev–Trinajstić information content (AvgIpc) is 2.90. The summed E-state index contributed by atoms with van der Waals surface area (Å²) in [6.07, 6.45) is 3.25. The van der Waals surface area contributed by atoms with Crippen molar-refractivity contribution >= 4 is 28.7 Å². The molecule has 34 heavy (non-hydrogen) atoms. The molecule has 0 atom stereocenters. The highest BCUT2D eigenvalue weighted by molar-refractivity contribution is 6.07. The first-order valence-electron chi connectivity index (χ1n) is 11.1. The Labute approximate surface area is 199 Å². The Morgan fingerprint density at radius 1 is 0.794 bits per heavy atom. The molecule has 0 aliphatic carbocycles. The summed E-state index contributed by atoms with van der Waals surface area (Å²) in [7, 11) is 4.65. The number of amides is 2. The van der Waals surface area contributed by atoms with Gasteiger partial charge in [-0.05, 0) is 40.6 Å². The van der Waals surface area contributed by atoms with E-state index in [1.54, 1.807) is 44.4 Å². The van der Waals surface area contributed by atoms with E-state index in [2.05, 4.69) is 0 Å². The minimum absolute atomic E-state index is 0.00290. The van der Waals surface area contributed by atoms with Crippen molar-refractivity contribution in [3.05, 3.63) is 71.8 Å². The van der Waals surface area contributed by atoms with Gasteiger partial charge in [0.2, 0.25) is 11.7 Å². The van der Waals surface area contributed by atoms with Gasteiger partial charge >= 0.3 is 0 Å². The SMILES string of the molecule is COc1cc(/C=C/C(=O)N2CCN(C(=O)c3cccc4ccccc34)CC2)cc(OC)c1OC. The van der Waals surface area contributed by atoms with Crippen molar-refractivity contribution in [2.45, 2.75) is 0 Å². The molecule has 0 radical (unpaired) electrons. The van der Waals surface area contributed by atoms with Gasteiger partial charge in [-0.25, -0.2) is 0 Å². The smallest absolute Gasteiger partial charge is 0.254 e. The summed E-state index contributed by atoms with van der Waals surface area (Å²) in [6.45, 7) is 1.95. The molecular weight excluding hydrogens is 432 g/mol. The van der Waals surface area contributed by atoms with Crippen molar-refractivity contribution in [2.24, 2.45) is 0 Å². The van der Waals surface area contributed by atoms with Crippen molar-refractivity contribution in [3.8, 4) is 17.2 Å². The lowest BCUT2D eigenvalue weighted by atomic mass is 10.0. The number of methoxy groups -OCH3 is 3. The molecule has 1 heterocycles. The molecule has 0 N–H and O–H groups in total. The van der Waals surface area contributed by atoms with Gasteiger partial charge in [0.15, 0.2) is 11.5 Å². The van der Waals surface area contributed by atoms with Crippen molar-refractivity contribution < 1.29 is 23.8 Å². The van der Waals surface area contributed by atoms with Crippen LogP contribution in [0.2, 0.25) is 0 Å². The number of piperazine rings is 1. The number of carbonyl (C=O) groups excluding carboxylic acids is 2. The minimum Gasteiger partial charge on any atom is -0.493 e. The second kappa shape index (κ2) is 10.3. The fourth-order valence-corrected chi connectivity index (χ4v) is 4.18. The molecule has 4 rings (SSSR count). The quantitative estimate of drug-likeness (QED) is 0.523. The summed E-state index contributed by atoms with van der Waals surface area (Å²) in [5, 5.41) is 1.99. The molecule has 3 aromatic rings. The predicted octanol–water partition coefficient (Wildman–Crippen LogP) is 3.86. The van der Waals surface area contributed by atoms with Crippen molar-refractivity contribution in [2.75, 3.05) is 47.5 Å². The summed E-state index contributed by atoms with van der Waals surface area (Å²) in [6, 6.07) is 17.2. The molecule has 0 bridgehead atoms. The van der Waals surface area contributed by atoms with Crippen LogP contribution in [-0.4, -0.2) is 69.1 Å². The molecule has 0 spiro atoms. The second-order valence-electron chi connectivity index (χ2n) is 7.94. The fourth-order valence-electron chi connectivity index (χ4n) is 4.18. The molecule has 1 saturated heterocycles. The van der Waals surface area contributed by atoms with Gasteiger partial charge in [0.25, 0.3) is 5.91 Å². The lowest BCUT2D eigenvalue weighted by Crippen LogP contribution is -2.50. The first-order chi connectivity index (χ1) is 16.5. The molecule has 3 aromatic carbocycles. The lowest BCUT2D eigenvalue weighted by molar-refractivity contribution is -0.127. The summed E-state index contributed by atoms with van der Waals surface area (Å²) in [4.78, 5) is 29.5. The molecule has 1 aliphatic heterocycles. The number of benzene rings is 3. The van der Waals surface area contributed by atoms with E-state index in [0.717, 1.165) is 16.3 Å². The predicted molar refractivity (Wildman–Crippen MR) is 132 cm³/mol. The average molecular weight is 461 g/mol. The van der Waals surface area contributed by atoms with Crippen LogP contribution in [0.3, 0.4) is 0 Å². The van der Waals surface area contributed by atoms with Crippen LogP contribution in [0.1, 0.15) is 15.9 Å². The molecule has 1 fully saturated rings. The van der Waals surface area contributed by atoms with E-state index in [-0.39, 0.29) is 11.8 Å². The molecule has 2 amide bonds. The van der Waals surface area contributed by atoms with E-state index in [4.69, 9.17) is 14.2 Å². The number of carbonyl (C=O) groups is 2. The number of nitrogens with zero attached hydrogens (tertiary/aromatic N) is 2. The summed E-state index contributed by atoms with van der Waals surface area (Å²) < 4.78 is 16.1. The molecule has 1 aliphatic rings. The highest BCUT2D eigenvalue weighted by Crippen LogP contribution is 2.38. The topological polar surface area (TPSA) is 68.3 Å². The fraction of sp³-hybridized carbons (Fsp3) is 0.259. The largest absolute Gasteiger partial charge is 0.493 e. The summed E-state index contributed by atoms with van der Waals surface area (Å²) >= 11 is 0. The van der Waals surface area contributed by atoms with Crippen LogP contribution >= 0.6 is 0 Å². The van der Waals surface area contributed by atoms with Gasteiger partial charge in [-0.3, -0.25) is 9.59 Å². The lowest BCUT2D eigenvalue weighted by Gasteiger charge is -2.34. The van der Waals surface area contributed by atoms with E-state index >= 15 is 0 Å². The van der Waals surface area contributed by atoms with E-state index in [1.807, 2.05) is 47.4 Å². The summed E-state index contributed by atoms with van der Waals surface area (Å²) in [5.74, 6) is 1.44. The zero-order valence-electron chi connectivity index (χ0n) is 19.6. The normalized spacial score (nSPS) is 13.9. The standard InChI is InChI=1S/C27H28N2O5/c1-32-23-17-19(18-24(33-2)26(23)34-3)11-12-25(30)28-13-15-29(16-14-28)27(31)22-10-6-8-20-7-4-5-9-21(20)22/h4-12,17-18H,13-16H2,1-3H3/b12-11+. The first kappa shape index (κ1) is 23.2. The molecule has 0 unspecified atom stereocenters. The Morgan fingerprint density at radius 2 is 1.41 bits per heavy atom. The highest BCUT2D eigenvalue weighted by Gasteiger charge is 2.25. The molecule has 176 valence electrons. The van der Waals surface area contributed by atoms with Crippen LogP contribution in [0.15, 0.2) is 60.7 Å². The molecular formula is C27H28N2O5. The maximum Gasteiger partial charge on any atom is 0.254 e. The van der Waals surface area contributed by atoms with Crippen molar-refractivity contribution in [1.82, 2.24) is 9.80 Å². The number of ether oxygens (including phenoxy) is 3. The third-order valence-corrected chi connectivity index (χ3v) is 6.00. The van der Waals surface area contributed by atoms with Crippen LogP contribution < -0.4 is 14.2 Å². The molecule has 0 saturated carbocycles. The van der Waals surface area contributed by atoms with Gasteiger partial charge in [-0.15, -0.1) is 0 Å². The van der Waals surface area contributed by atoms with Gasteiger partial charge in [-0.1, -0.05) is 36.4 Å². The summed E-state index contributed by atoms with van der Waals surface area (Å²) in [5.41, 5.74) is 1.45. The van der Waals surface area contributed by atoms with Crippen LogP contribution in [-0.2, 0) is 4.79 Å². The zero-order valence-corrected chi connectivity index (χ0v) is 19.6. The van der Waals surface area contributed by atoms with Gasteiger partial charge in [0.05, 0.1) is 21.3 Å². The monoisotopic (exact) mass is 460 g/mol. The van der Waals surface area contributed by atoms with Crippen molar-refractivity contribution in [3.63, 3.8) is 0 Å². The highest BCUT2D eigenvalue weighted by atomic mass is 16.5. The van der Waals surface area contributed by atoms with Crippen LogP contribution in [0.25, 0.3) is 16.8 Å². The third kappa shape index (κ3) is 4.69. The van der Waals surface area contributed by atoms with Gasteiger partial charge in [-0.2, -0.15) is 0 Å². The Morgan fingerprint density at radius 3 is 2.06 bits per heavy atom. The molecule has 7 nitrogen and oxygen atoms in total. The second-order valence-corrected chi connectivity index (χ2v) is 7.94. The van der Waals surface area contributed by atoms with Crippen LogP contribution in [0.4, 0.5) is 0 Å². The van der Waals surface area contributed by atoms with E-state index < -0.39 is 0 Å². The van der Waals surface area contributed by atoms with Gasteiger partial charge in [0.1, 0.15) is 0 Å². The Hall–Kier alpha value is -4.00.